The Hall–Kier alpha value is -2.37. The minimum absolute atomic E-state index is 0.0147. The molecule has 0 N–H and O–H groups in total. The number of fused-ring (bicyclic) bond motifs is 4. The highest BCUT2D eigenvalue weighted by Crippen LogP contribution is 2.39. The van der Waals surface area contributed by atoms with Crippen molar-refractivity contribution in [1.82, 2.24) is 14.8 Å². The fraction of sp³-hybridized carbons (Fsp3) is 0.471. The van der Waals surface area contributed by atoms with Gasteiger partial charge in [-0.1, -0.05) is 0 Å². The molecule has 4 rings (SSSR count). The van der Waals surface area contributed by atoms with E-state index in [9.17, 15) is 4.79 Å². The van der Waals surface area contributed by atoms with Crippen molar-refractivity contribution in [3.63, 3.8) is 0 Å². The minimum Gasteiger partial charge on any atom is -0.366 e. The zero-order valence-corrected chi connectivity index (χ0v) is 13.7. The lowest BCUT2D eigenvalue weighted by atomic mass is 10.1. The number of rotatable bonds is 2. The molecule has 0 saturated carbocycles. The summed E-state index contributed by atoms with van der Waals surface area (Å²) in [5.41, 5.74) is 2.51. The normalized spacial score (nSPS) is 19.4. The molecule has 2 aromatic heterocycles. The van der Waals surface area contributed by atoms with Crippen LogP contribution in [0.15, 0.2) is 24.5 Å². The number of aromatic nitrogens is 3. The fourth-order valence-corrected chi connectivity index (χ4v) is 3.51. The van der Waals surface area contributed by atoms with Gasteiger partial charge >= 0.3 is 0 Å². The molecule has 2 aromatic rings. The van der Waals surface area contributed by atoms with E-state index in [1.165, 1.54) is 0 Å². The van der Waals surface area contributed by atoms with Gasteiger partial charge in [0.15, 0.2) is 5.82 Å². The van der Waals surface area contributed by atoms with Gasteiger partial charge in [-0.15, -0.1) is 0 Å². The lowest BCUT2D eigenvalue weighted by Crippen LogP contribution is -2.46. The first-order valence-electron chi connectivity index (χ1n) is 8.15. The molecule has 23 heavy (non-hydrogen) atoms. The van der Waals surface area contributed by atoms with Crippen LogP contribution in [0.4, 0.5) is 11.5 Å². The summed E-state index contributed by atoms with van der Waals surface area (Å²) in [6.45, 7) is 7.90. The number of nitrogens with zero attached hydrogens (tertiary/aromatic N) is 5. The van der Waals surface area contributed by atoms with Gasteiger partial charge in [-0.3, -0.25) is 14.4 Å². The lowest BCUT2D eigenvalue weighted by Gasteiger charge is -2.35. The molecule has 1 fully saturated rings. The first-order valence-corrected chi connectivity index (χ1v) is 8.15. The number of pyridine rings is 1. The van der Waals surface area contributed by atoms with Crippen LogP contribution >= 0.6 is 0 Å². The van der Waals surface area contributed by atoms with Gasteiger partial charge in [0.2, 0.25) is 0 Å². The number of hydrogen-bond donors (Lipinski definition) is 0. The van der Waals surface area contributed by atoms with E-state index >= 15 is 0 Å². The van der Waals surface area contributed by atoms with Crippen LogP contribution in [0.2, 0.25) is 0 Å². The molecule has 6 heteroatoms. The predicted octanol–water partition coefficient (Wildman–Crippen LogP) is 2.41. The number of amides is 1. The van der Waals surface area contributed by atoms with Gasteiger partial charge in [-0.25, -0.2) is 4.98 Å². The molecular weight excluding hydrogens is 290 g/mol. The van der Waals surface area contributed by atoms with Crippen molar-refractivity contribution < 1.29 is 4.79 Å². The van der Waals surface area contributed by atoms with Crippen LogP contribution in [-0.2, 0) is 0 Å². The predicted molar refractivity (Wildman–Crippen MR) is 89.0 cm³/mol. The summed E-state index contributed by atoms with van der Waals surface area (Å²) >= 11 is 0. The van der Waals surface area contributed by atoms with E-state index < -0.39 is 0 Å². The standard InChI is InChI=1S/C17H21N5O/c1-11(2)21-10-14(12(3)19-21)17(23)22-13-6-8-20(9-13)15-5-4-7-18-16(15)22/h4-5,7,10-11,13H,6,8-9H2,1-3H3. The third-order valence-corrected chi connectivity index (χ3v) is 4.76. The van der Waals surface area contributed by atoms with Gasteiger partial charge in [0.1, 0.15) is 0 Å². The zero-order chi connectivity index (χ0) is 16.1. The molecule has 2 aliphatic heterocycles. The van der Waals surface area contributed by atoms with Crippen LogP contribution in [0.3, 0.4) is 0 Å². The first-order chi connectivity index (χ1) is 11.1. The summed E-state index contributed by atoms with van der Waals surface area (Å²) in [5, 5.41) is 4.48. The molecule has 120 valence electrons. The summed E-state index contributed by atoms with van der Waals surface area (Å²) in [6, 6.07) is 4.42. The van der Waals surface area contributed by atoms with E-state index in [1.807, 2.05) is 28.8 Å². The maximum absolute atomic E-state index is 13.2. The summed E-state index contributed by atoms with van der Waals surface area (Å²) in [6.07, 6.45) is 4.61. The molecule has 2 aliphatic rings. The monoisotopic (exact) mass is 311 g/mol. The highest BCUT2D eigenvalue weighted by atomic mass is 16.2. The van der Waals surface area contributed by atoms with E-state index in [0.717, 1.165) is 36.7 Å². The topological polar surface area (TPSA) is 54.3 Å². The number of aryl methyl sites for hydroxylation is 1. The van der Waals surface area contributed by atoms with Crippen molar-refractivity contribution in [2.75, 3.05) is 22.9 Å². The number of hydrogen-bond acceptors (Lipinski definition) is 4. The molecule has 6 nitrogen and oxygen atoms in total. The van der Waals surface area contributed by atoms with Crippen molar-refractivity contribution in [3.05, 3.63) is 35.8 Å². The van der Waals surface area contributed by atoms with Crippen molar-refractivity contribution in [2.45, 2.75) is 39.3 Å². The van der Waals surface area contributed by atoms with Crippen LogP contribution < -0.4 is 9.80 Å². The van der Waals surface area contributed by atoms with Crippen molar-refractivity contribution in [2.24, 2.45) is 0 Å². The number of carbonyl (C=O) groups excluding carboxylic acids is 1. The summed E-state index contributed by atoms with van der Waals surface area (Å²) < 4.78 is 1.85. The van der Waals surface area contributed by atoms with Gasteiger partial charge < -0.3 is 4.90 Å². The second-order valence-corrected chi connectivity index (χ2v) is 6.61. The molecule has 1 unspecified atom stereocenters. The molecule has 0 radical (unpaired) electrons. The van der Waals surface area contributed by atoms with Crippen LogP contribution in [0.1, 0.15) is 42.4 Å². The first kappa shape index (κ1) is 14.2. The van der Waals surface area contributed by atoms with E-state index in [4.69, 9.17) is 0 Å². The Balaban J connectivity index is 1.77. The SMILES string of the molecule is Cc1nn(C(C)C)cc1C(=O)N1c2ncccc2N2CCC1C2. The fourth-order valence-electron chi connectivity index (χ4n) is 3.51. The Labute approximate surface area is 135 Å². The average molecular weight is 311 g/mol. The average Bonchev–Trinajstić information content (AvgIpc) is 3.12. The van der Waals surface area contributed by atoms with Crippen LogP contribution in [0.5, 0.6) is 0 Å². The van der Waals surface area contributed by atoms with E-state index in [2.05, 4.69) is 34.9 Å². The minimum atomic E-state index is 0.0147. The Morgan fingerprint density at radius 3 is 2.96 bits per heavy atom. The number of anilines is 2. The summed E-state index contributed by atoms with van der Waals surface area (Å²) in [4.78, 5) is 21.9. The van der Waals surface area contributed by atoms with Gasteiger partial charge in [-0.05, 0) is 39.3 Å². The summed E-state index contributed by atoms with van der Waals surface area (Å²) in [7, 11) is 0. The maximum atomic E-state index is 13.2. The van der Waals surface area contributed by atoms with Crippen molar-refractivity contribution >= 4 is 17.4 Å². The van der Waals surface area contributed by atoms with E-state index in [0.29, 0.717) is 5.56 Å². The summed E-state index contributed by atoms with van der Waals surface area (Å²) in [5.74, 6) is 0.795. The van der Waals surface area contributed by atoms with Crippen LogP contribution in [0.25, 0.3) is 0 Å². The van der Waals surface area contributed by atoms with Crippen molar-refractivity contribution in [3.8, 4) is 0 Å². The molecule has 0 aromatic carbocycles. The Morgan fingerprint density at radius 1 is 1.39 bits per heavy atom. The van der Waals surface area contributed by atoms with Crippen LogP contribution in [0, 0.1) is 6.92 Å². The molecule has 0 aliphatic carbocycles. The molecule has 1 saturated heterocycles. The third kappa shape index (κ3) is 2.12. The molecule has 1 amide bonds. The highest BCUT2D eigenvalue weighted by molar-refractivity contribution is 6.08. The zero-order valence-electron chi connectivity index (χ0n) is 13.7. The Kier molecular flexibility index (Phi) is 3.14. The smallest absolute Gasteiger partial charge is 0.263 e. The molecule has 0 spiro atoms. The molecular formula is C17H21N5O. The van der Waals surface area contributed by atoms with Gasteiger partial charge in [0.05, 0.1) is 23.0 Å². The Bertz CT molecular complexity index is 766. The van der Waals surface area contributed by atoms with Crippen molar-refractivity contribution in [1.29, 1.82) is 0 Å². The lowest BCUT2D eigenvalue weighted by molar-refractivity contribution is 0.0976. The van der Waals surface area contributed by atoms with E-state index in [-0.39, 0.29) is 18.0 Å². The molecule has 4 heterocycles. The molecule has 2 bridgehead atoms. The van der Waals surface area contributed by atoms with Gasteiger partial charge in [-0.2, -0.15) is 5.10 Å². The Morgan fingerprint density at radius 2 is 2.22 bits per heavy atom. The largest absolute Gasteiger partial charge is 0.366 e. The highest BCUT2D eigenvalue weighted by Gasteiger charge is 2.40. The van der Waals surface area contributed by atoms with Gasteiger partial charge in [0, 0.05) is 31.5 Å². The maximum Gasteiger partial charge on any atom is 0.263 e. The van der Waals surface area contributed by atoms with Crippen LogP contribution in [-0.4, -0.2) is 39.8 Å². The van der Waals surface area contributed by atoms with Gasteiger partial charge in [0.25, 0.3) is 5.91 Å². The van der Waals surface area contributed by atoms with E-state index in [1.54, 1.807) is 6.20 Å². The quantitative estimate of drug-likeness (QED) is 0.854. The number of carbonyl (C=O) groups is 1. The second-order valence-electron chi connectivity index (χ2n) is 6.61. The second kappa shape index (κ2) is 5.08. The third-order valence-electron chi connectivity index (χ3n) is 4.76. The molecule has 1 atom stereocenters.